The molecule has 0 aliphatic carbocycles. The Morgan fingerprint density at radius 3 is 2.41 bits per heavy atom. The molecular formula is C23H14BrF3N2O2S. The molecule has 0 N–H and O–H groups in total. The van der Waals surface area contributed by atoms with Crippen LogP contribution in [0.15, 0.2) is 81.4 Å². The Hall–Kier alpha value is -3.04. The highest BCUT2D eigenvalue weighted by molar-refractivity contribution is 9.10. The van der Waals surface area contributed by atoms with Crippen molar-refractivity contribution in [3.8, 4) is 11.3 Å². The third-order valence-electron chi connectivity index (χ3n) is 4.70. The van der Waals surface area contributed by atoms with Crippen molar-refractivity contribution >= 4 is 33.0 Å². The lowest BCUT2D eigenvalue weighted by Crippen LogP contribution is -2.34. The van der Waals surface area contributed by atoms with Crippen molar-refractivity contribution in [3.05, 3.63) is 109 Å². The monoisotopic (exact) mass is 518 g/mol. The Morgan fingerprint density at radius 1 is 1.03 bits per heavy atom. The van der Waals surface area contributed by atoms with Gasteiger partial charge in [0, 0.05) is 10.0 Å². The van der Waals surface area contributed by atoms with Crippen LogP contribution in [-0.2, 0) is 12.7 Å². The highest BCUT2D eigenvalue weighted by Gasteiger charge is 2.42. The van der Waals surface area contributed by atoms with Gasteiger partial charge in [-0.2, -0.15) is 18.2 Å². The molecule has 2 aromatic heterocycles. The highest BCUT2D eigenvalue weighted by Crippen LogP contribution is 2.37. The van der Waals surface area contributed by atoms with Gasteiger partial charge in [-0.3, -0.25) is 9.36 Å². The number of hydrogen-bond acceptors (Lipinski definition) is 4. The van der Waals surface area contributed by atoms with Crippen molar-refractivity contribution in [1.82, 2.24) is 9.55 Å². The average molecular weight is 519 g/mol. The SMILES string of the molecule is O=C(c1cccs1)c1c(-c2cccc(Br)c2)nc(=O)n(Cc2ccccc2)c1C(F)(F)F. The lowest BCUT2D eigenvalue weighted by atomic mass is 9.99. The maximum atomic E-state index is 14.4. The van der Waals surface area contributed by atoms with Gasteiger partial charge < -0.3 is 0 Å². The lowest BCUT2D eigenvalue weighted by molar-refractivity contribution is -0.144. The van der Waals surface area contributed by atoms with E-state index in [0.29, 0.717) is 14.6 Å². The minimum absolute atomic E-state index is 0.124. The predicted octanol–water partition coefficient (Wildman–Crippen LogP) is 6.03. The fourth-order valence-electron chi connectivity index (χ4n) is 3.35. The summed E-state index contributed by atoms with van der Waals surface area (Å²) in [5, 5.41) is 1.60. The van der Waals surface area contributed by atoms with Crippen LogP contribution >= 0.6 is 27.3 Å². The van der Waals surface area contributed by atoms with E-state index in [1.807, 2.05) is 0 Å². The molecule has 0 saturated carbocycles. The van der Waals surface area contributed by atoms with Crippen molar-refractivity contribution in [2.45, 2.75) is 12.7 Å². The Kier molecular flexibility index (Phi) is 6.12. The quantitative estimate of drug-likeness (QED) is 0.303. The molecule has 32 heavy (non-hydrogen) atoms. The molecule has 2 aromatic carbocycles. The first-order chi connectivity index (χ1) is 15.3. The molecule has 0 atom stereocenters. The summed E-state index contributed by atoms with van der Waals surface area (Å²) in [6.07, 6.45) is -4.97. The standard InChI is InChI=1S/C23H14BrF3N2O2S/c24-16-9-4-8-15(12-16)19-18(20(30)17-10-5-11-32-17)21(23(25,26)27)29(22(31)28-19)13-14-6-2-1-3-7-14/h1-12H,13H2. The maximum absolute atomic E-state index is 14.4. The molecule has 162 valence electrons. The summed E-state index contributed by atoms with van der Waals surface area (Å²) in [5.41, 5.74) is -2.63. The van der Waals surface area contributed by atoms with Crippen molar-refractivity contribution in [3.63, 3.8) is 0 Å². The normalized spacial score (nSPS) is 11.5. The largest absolute Gasteiger partial charge is 0.432 e. The summed E-state index contributed by atoms with van der Waals surface area (Å²) < 4.78 is 44.4. The van der Waals surface area contributed by atoms with Gasteiger partial charge in [-0.1, -0.05) is 64.5 Å². The summed E-state index contributed by atoms with van der Waals surface area (Å²) in [6, 6.07) is 17.6. The highest BCUT2D eigenvalue weighted by atomic mass is 79.9. The summed E-state index contributed by atoms with van der Waals surface area (Å²) in [6.45, 7) is -0.370. The predicted molar refractivity (Wildman–Crippen MR) is 120 cm³/mol. The van der Waals surface area contributed by atoms with Gasteiger partial charge in [-0.25, -0.2) is 4.79 Å². The number of thiophene rings is 1. The minimum Gasteiger partial charge on any atom is -0.288 e. The number of aromatic nitrogens is 2. The number of hydrogen-bond donors (Lipinski definition) is 0. The first-order valence-electron chi connectivity index (χ1n) is 9.36. The van der Waals surface area contributed by atoms with Gasteiger partial charge in [0.25, 0.3) is 0 Å². The van der Waals surface area contributed by atoms with Gasteiger partial charge in [-0.15, -0.1) is 11.3 Å². The van der Waals surface area contributed by atoms with E-state index in [2.05, 4.69) is 20.9 Å². The molecule has 0 spiro atoms. The van der Waals surface area contributed by atoms with E-state index < -0.39 is 28.9 Å². The van der Waals surface area contributed by atoms with E-state index in [-0.39, 0.29) is 22.7 Å². The van der Waals surface area contributed by atoms with Crippen molar-refractivity contribution in [1.29, 1.82) is 0 Å². The van der Waals surface area contributed by atoms with E-state index in [9.17, 15) is 22.8 Å². The number of carbonyl (C=O) groups is 1. The summed E-state index contributed by atoms with van der Waals surface area (Å²) in [7, 11) is 0. The number of rotatable bonds is 5. The number of ketones is 1. The van der Waals surface area contributed by atoms with Crippen LogP contribution < -0.4 is 5.69 Å². The Labute approximate surface area is 193 Å². The summed E-state index contributed by atoms with van der Waals surface area (Å²) in [5.74, 6) is -0.836. The molecule has 0 amide bonds. The maximum Gasteiger partial charge on any atom is 0.432 e. The van der Waals surface area contributed by atoms with Gasteiger partial charge in [-0.05, 0) is 29.1 Å². The Balaban J connectivity index is 2.07. The van der Waals surface area contributed by atoms with Gasteiger partial charge in [0.2, 0.25) is 5.78 Å². The van der Waals surface area contributed by atoms with Crippen LogP contribution in [0.5, 0.6) is 0 Å². The third kappa shape index (κ3) is 4.44. The molecule has 4 rings (SSSR count). The zero-order valence-electron chi connectivity index (χ0n) is 16.3. The van der Waals surface area contributed by atoms with Crippen LogP contribution in [0.4, 0.5) is 13.2 Å². The minimum atomic E-state index is -4.97. The lowest BCUT2D eigenvalue weighted by Gasteiger charge is -2.20. The molecule has 4 nitrogen and oxygen atoms in total. The third-order valence-corrected chi connectivity index (χ3v) is 6.07. The van der Waals surface area contributed by atoms with Crippen LogP contribution in [0.1, 0.15) is 26.5 Å². The van der Waals surface area contributed by atoms with Crippen molar-refractivity contribution in [2.24, 2.45) is 0 Å². The van der Waals surface area contributed by atoms with E-state index in [1.54, 1.807) is 53.9 Å². The van der Waals surface area contributed by atoms with Gasteiger partial charge in [0.1, 0.15) is 5.69 Å². The second-order valence-electron chi connectivity index (χ2n) is 6.85. The summed E-state index contributed by atoms with van der Waals surface area (Å²) >= 11 is 4.30. The molecule has 0 bridgehead atoms. The Morgan fingerprint density at radius 2 is 1.78 bits per heavy atom. The van der Waals surface area contributed by atoms with Crippen molar-refractivity contribution < 1.29 is 18.0 Å². The first kappa shape index (κ1) is 22.2. The molecule has 2 heterocycles. The van der Waals surface area contributed by atoms with Crippen molar-refractivity contribution in [2.75, 3.05) is 0 Å². The summed E-state index contributed by atoms with van der Waals surface area (Å²) in [4.78, 5) is 30.3. The van der Waals surface area contributed by atoms with E-state index in [4.69, 9.17) is 0 Å². The van der Waals surface area contributed by atoms with Crippen LogP contribution in [0.3, 0.4) is 0 Å². The second kappa shape index (κ2) is 8.84. The molecule has 0 aliphatic heterocycles. The average Bonchev–Trinajstić information content (AvgIpc) is 3.29. The molecule has 0 unspecified atom stereocenters. The van der Waals surface area contributed by atoms with E-state index in [0.717, 1.165) is 11.3 Å². The molecule has 0 radical (unpaired) electrons. The fraction of sp³-hybridized carbons (Fsp3) is 0.0870. The zero-order chi connectivity index (χ0) is 22.9. The van der Waals surface area contributed by atoms with Crippen LogP contribution in [0, 0.1) is 0 Å². The molecule has 0 saturated heterocycles. The number of benzene rings is 2. The molecule has 0 aliphatic rings. The number of nitrogens with zero attached hydrogens (tertiary/aromatic N) is 2. The zero-order valence-corrected chi connectivity index (χ0v) is 18.7. The smallest absolute Gasteiger partial charge is 0.288 e. The van der Waals surface area contributed by atoms with E-state index >= 15 is 0 Å². The number of carbonyl (C=O) groups excluding carboxylic acids is 1. The first-order valence-corrected chi connectivity index (χ1v) is 11.0. The Bertz CT molecular complexity index is 1330. The topological polar surface area (TPSA) is 52.0 Å². The van der Waals surface area contributed by atoms with Gasteiger partial charge >= 0.3 is 11.9 Å². The molecule has 0 fully saturated rings. The van der Waals surface area contributed by atoms with E-state index in [1.165, 1.54) is 18.2 Å². The molecular weight excluding hydrogens is 505 g/mol. The molecule has 9 heteroatoms. The van der Waals surface area contributed by atoms with Crippen LogP contribution in [-0.4, -0.2) is 15.3 Å². The second-order valence-corrected chi connectivity index (χ2v) is 8.72. The fourth-order valence-corrected chi connectivity index (χ4v) is 4.42. The van der Waals surface area contributed by atoms with Gasteiger partial charge in [0.05, 0.1) is 22.7 Å². The number of alkyl halides is 3. The van der Waals surface area contributed by atoms with Gasteiger partial charge in [0.15, 0.2) is 0 Å². The number of halogens is 4. The molecule has 4 aromatic rings. The van der Waals surface area contributed by atoms with Crippen LogP contribution in [0.25, 0.3) is 11.3 Å². The van der Waals surface area contributed by atoms with Crippen LogP contribution in [0.2, 0.25) is 0 Å².